The van der Waals surface area contributed by atoms with Gasteiger partial charge in [-0.05, 0) is 138 Å². The first kappa shape index (κ1) is 57.5. The zero-order chi connectivity index (χ0) is 59.5. The summed E-state index contributed by atoms with van der Waals surface area (Å²) in [4.78, 5) is 44.8. The summed E-state index contributed by atoms with van der Waals surface area (Å²) in [6.45, 7) is 0. The molecule has 10 heterocycles. The van der Waals surface area contributed by atoms with Crippen LogP contribution in [0.3, 0.4) is 0 Å². The standard InChI is InChI=1S/C82H50N8.2Pd/c1-7-21-51(22-8-1)75-59-35-39-63(83-59)77(53-25-11-3-12-26-53)67-43-47-71(87-67)81(72-48-44-68(88-72)78(54-27-13-4-14-28-54)64-40-36-60(75)84-64)57-33-19-20-34-58(57)82-73-49-45-69(89-73)79(55-29-15-5-16-30-55)65-41-37-61(85-65)76(52-23-9-2-10-24-52)62-38-42-66(86-62)80(56-31-17-6-18-32-56)70-46-50-74(82)90-70;;/h1-50H;;/q-4;2*+2. The Balaban J connectivity index is 0.00000351. The molecule has 16 bridgehead atoms. The van der Waals surface area contributed by atoms with Crippen molar-refractivity contribution in [2.75, 3.05) is 0 Å². The molecule has 0 atom stereocenters. The third kappa shape index (κ3) is 10.3. The molecule has 0 spiro atoms. The molecule has 7 aromatic carbocycles. The van der Waals surface area contributed by atoms with Crippen molar-refractivity contribution in [1.82, 2.24) is 39.9 Å². The van der Waals surface area contributed by atoms with Crippen molar-refractivity contribution >= 4 is 92.7 Å². The van der Waals surface area contributed by atoms with Crippen molar-refractivity contribution in [2.45, 2.75) is 0 Å². The van der Waals surface area contributed by atoms with Gasteiger partial charge in [-0.3, -0.25) is 0 Å². The third-order valence-corrected chi connectivity index (χ3v) is 17.1. The van der Waals surface area contributed by atoms with Gasteiger partial charge < -0.3 is 19.9 Å². The average Bonchev–Trinajstić information content (AvgIpc) is 1.60. The molecule has 0 fully saturated rings. The van der Waals surface area contributed by atoms with Crippen LogP contribution in [0.5, 0.6) is 0 Å². The molecule has 10 heteroatoms. The minimum absolute atomic E-state index is 0. The summed E-state index contributed by atoms with van der Waals surface area (Å²) < 4.78 is 0. The fourth-order valence-electron chi connectivity index (χ4n) is 13.0. The molecule has 92 heavy (non-hydrogen) atoms. The Labute approximate surface area is 558 Å². The van der Waals surface area contributed by atoms with Gasteiger partial charge in [0.15, 0.2) is 0 Å². The van der Waals surface area contributed by atoms with Crippen molar-refractivity contribution < 1.29 is 40.8 Å². The van der Waals surface area contributed by atoms with Crippen LogP contribution < -0.4 is 19.9 Å². The van der Waals surface area contributed by atoms with E-state index in [0.717, 1.165) is 179 Å². The minimum Gasteiger partial charge on any atom is -0.657 e. The van der Waals surface area contributed by atoms with Gasteiger partial charge in [0.2, 0.25) is 0 Å². The zero-order valence-electron chi connectivity index (χ0n) is 49.1. The predicted molar refractivity (Wildman–Crippen MR) is 371 cm³/mol. The van der Waals surface area contributed by atoms with Crippen LogP contribution in [0.2, 0.25) is 0 Å². The van der Waals surface area contributed by atoms with E-state index in [0.29, 0.717) is 0 Å². The van der Waals surface area contributed by atoms with Crippen LogP contribution in [0, 0.1) is 0 Å². The molecule has 4 aliphatic heterocycles. The van der Waals surface area contributed by atoms with E-state index in [4.69, 9.17) is 39.9 Å². The molecule has 438 valence electrons. The van der Waals surface area contributed by atoms with Gasteiger partial charge in [0.25, 0.3) is 0 Å². The fourth-order valence-corrected chi connectivity index (χ4v) is 13.0. The first-order chi connectivity index (χ1) is 44.6. The second-order valence-corrected chi connectivity index (χ2v) is 22.5. The second-order valence-electron chi connectivity index (χ2n) is 22.5. The Bertz CT molecular complexity index is 5090. The van der Waals surface area contributed by atoms with E-state index in [2.05, 4.69) is 267 Å². The van der Waals surface area contributed by atoms with Gasteiger partial charge in [0.05, 0.1) is 45.6 Å². The van der Waals surface area contributed by atoms with E-state index in [9.17, 15) is 0 Å². The van der Waals surface area contributed by atoms with E-state index in [-0.39, 0.29) is 40.8 Å². The van der Waals surface area contributed by atoms with Gasteiger partial charge in [-0.1, -0.05) is 255 Å². The molecule has 6 aromatic heterocycles. The van der Waals surface area contributed by atoms with Gasteiger partial charge in [-0.2, -0.15) is 0 Å². The summed E-state index contributed by atoms with van der Waals surface area (Å²) in [6, 6.07) is 88.1. The summed E-state index contributed by atoms with van der Waals surface area (Å²) in [5.41, 5.74) is 27.5. The molecule has 0 unspecified atom stereocenters. The van der Waals surface area contributed by atoms with E-state index in [1.165, 1.54) is 0 Å². The first-order valence-electron chi connectivity index (χ1n) is 30.2. The molecule has 0 saturated heterocycles. The summed E-state index contributed by atoms with van der Waals surface area (Å²) in [6.07, 6.45) is 16.9. The van der Waals surface area contributed by atoms with Gasteiger partial charge in [-0.25, -0.2) is 19.9 Å². The largest absolute Gasteiger partial charge is 2.00 e. The molecular formula is C82H50N8Pd2. The maximum absolute atomic E-state index is 5.71. The SMILES string of the molecule is C1=Cc2nc1c(-c1ccccc1)c1ccc([n-]1)c(-c1ccccc1)c1nc(c(-c3ccccc3-c3c4nc(c(-c5ccccc5)c5ccc([n-]5)c(-c5ccccc5)c5nc(c(-c6ccccc6)c6ccc3[n-]6)C=C5)C=C4)c3ccc([n-]3)c2-c2ccccc2)C=C1.[Pd+2].[Pd+2]. The van der Waals surface area contributed by atoms with Crippen LogP contribution in [0.15, 0.2) is 255 Å². The molecular weight excluding hydrogens is 1310 g/mol. The number of hydrogen-bond acceptors (Lipinski definition) is 4. The number of benzene rings is 7. The number of hydrogen-bond donors (Lipinski definition) is 0. The van der Waals surface area contributed by atoms with E-state index < -0.39 is 0 Å². The fraction of sp³-hybridized carbons (Fsp3) is 0. The Morgan fingerprint density at radius 3 is 0.500 bits per heavy atom. The van der Waals surface area contributed by atoms with Crippen LogP contribution in [-0.4, -0.2) is 19.9 Å². The molecule has 0 radical (unpaired) electrons. The number of nitrogens with zero attached hydrogens (tertiary/aromatic N) is 8. The maximum atomic E-state index is 5.71. The monoisotopic (exact) mass is 1360 g/mol. The third-order valence-electron chi connectivity index (χ3n) is 17.1. The molecule has 8 nitrogen and oxygen atoms in total. The van der Waals surface area contributed by atoms with Crippen LogP contribution in [0.25, 0.3) is 182 Å². The maximum Gasteiger partial charge on any atom is 2.00 e. The summed E-state index contributed by atoms with van der Waals surface area (Å²) in [7, 11) is 0. The number of fused-ring (bicyclic) bond motifs is 16. The van der Waals surface area contributed by atoms with Crippen molar-refractivity contribution in [1.29, 1.82) is 0 Å². The summed E-state index contributed by atoms with van der Waals surface area (Å²) in [5, 5.41) is 0. The van der Waals surface area contributed by atoms with E-state index in [1.54, 1.807) is 0 Å². The Kier molecular flexibility index (Phi) is 15.3. The Morgan fingerprint density at radius 2 is 0.315 bits per heavy atom. The molecule has 4 aliphatic rings. The van der Waals surface area contributed by atoms with Gasteiger partial charge in [0.1, 0.15) is 0 Å². The van der Waals surface area contributed by atoms with Crippen LogP contribution in [-0.2, 0) is 40.8 Å². The Hall–Kier alpha value is -10.9. The molecule has 0 aliphatic carbocycles. The zero-order valence-corrected chi connectivity index (χ0v) is 52.2. The van der Waals surface area contributed by atoms with Crippen LogP contribution >= 0.6 is 0 Å². The quantitative estimate of drug-likeness (QED) is 0.138. The summed E-state index contributed by atoms with van der Waals surface area (Å²) >= 11 is 0. The molecule has 17 rings (SSSR count). The normalized spacial score (nSPS) is 12.0. The predicted octanol–water partition coefficient (Wildman–Crippen LogP) is 19.5. The van der Waals surface area contributed by atoms with E-state index >= 15 is 0 Å². The van der Waals surface area contributed by atoms with Crippen molar-refractivity contribution in [3.05, 3.63) is 300 Å². The van der Waals surface area contributed by atoms with Gasteiger partial charge in [0, 0.05) is 0 Å². The average molecular weight is 1360 g/mol. The Morgan fingerprint density at radius 1 is 0.163 bits per heavy atom. The van der Waals surface area contributed by atoms with E-state index in [1.807, 2.05) is 36.4 Å². The van der Waals surface area contributed by atoms with Gasteiger partial charge in [-0.15, -0.1) is 44.1 Å². The topological polar surface area (TPSA) is 108 Å². The second kappa shape index (κ2) is 24.5. The van der Waals surface area contributed by atoms with Crippen molar-refractivity contribution in [2.24, 2.45) is 0 Å². The first-order valence-corrected chi connectivity index (χ1v) is 30.2. The van der Waals surface area contributed by atoms with Crippen molar-refractivity contribution in [3.8, 4) is 89.0 Å². The minimum atomic E-state index is 0. The molecule has 0 amide bonds. The number of aromatic nitrogens is 8. The van der Waals surface area contributed by atoms with Gasteiger partial charge >= 0.3 is 40.8 Å². The van der Waals surface area contributed by atoms with Crippen LogP contribution in [0.4, 0.5) is 0 Å². The van der Waals surface area contributed by atoms with Crippen molar-refractivity contribution in [3.63, 3.8) is 0 Å². The number of rotatable bonds is 8. The molecule has 0 saturated carbocycles. The van der Waals surface area contributed by atoms with Crippen LogP contribution in [0.1, 0.15) is 45.6 Å². The smallest absolute Gasteiger partial charge is 0.657 e. The summed E-state index contributed by atoms with van der Waals surface area (Å²) in [5.74, 6) is 0. The molecule has 13 aromatic rings. The molecule has 0 N–H and O–H groups in total.